The summed E-state index contributed by atoms with van der Waals surface area (Å²) in [6, 6.07) is 2.11. The lowest BCUT2D eigenvalue weighted by atomic mass is 9.88. The summed E-state index contributed by atoms with van der Waals surface area (Å²) < 4.78 is 0. The zero-order valence-corrected chi connectivity index (χ0v) is 16.5. The molecule has 27 heavy (non-hydrogen) atoms. The van der Waals surface area contributed by atoms with Crippen molar-refractivity contribution in [1.29, 1.82) is 0 Å². The third kappa shape index (κ3) is 7.13. The van der Waals surface area contributed by atoms with Gasteiger partial charge in [-0.3, -0.25) is 4.79 Å². The Labute approximate surface area is 165 Å². The molecule has 1 aliphatic rings. The second kappa shape index (κ2) is 11.3. The number of thiophene rings is 1. The lowest BCUT2D eigenvalue weighted by Gasteiger charge is -2.22. The molecule has 0 radical (unpaired) electrons. The number of unbranched alkanes of at least 4 members (excludes halogenated alkanes) is 2. The largest absolute Gasteiger partial charge is 0.512 e. The first-order chi connectivity index (χ1) is 13.0. The standard InChI is InChI=1S/C21H31NO4S/c22-20(26)10-4-2-1-3-8-16-18(24)13-19(25)21(16)17(23)9-6-5-7-15-11-12-27-14-15/h1,3,9,11-12,14,16,18-19,21,23-25H,2,4-8,10,13H2,(H2,22,26)/b3-1-,17-9+/t16?,18-,19+,21?/m0/s1. The highest BCUT2D eigenvalue weighted by Gasteiger charge is 2.43. The molecule has 0 saturated heterocycles. The minimum atomic E-state index is -0.721. The third-order valence-corrected chi connectivity index (χ3v) is 5.90. The second-order valence-corrected chi connectivity index (χ2v) is 8.06. The highest BCUT2D eigenvalue weighted by molar-refractivity contribution is 7.07. The summed E-state index contributed by atoms with van der Waals surface area (Å²) in [6.07, 6.45) is 9.75. The van der Waals surface area contributed by atoms with E-state index in [0.29, 0.717) is 19.3 Å². The molecule has 1 saturated carbocycles. The highest BCUT2D eigenvalue weighted by atomic mass is 32.1. The average Bonchev–Trinajstić information content (AvgIpc) is 3.22. The van der Waals surface area contributed by atoms with Gasteiger partial charge in [0.05, 0.1) is 18.0 Å². The molecule has 2 unspecified atom stereocenters. The monoisotopic (exact) mass is 393 g/mol. The Hall–Kier alpha value is -1.63. The van der Waals surface area contributed by atoms with E-state index in [1.807, 2.05) is 12.2 Å². The maximum absolute atomic E-state index is 10.7. The van der Waals surface area contributed by atoms with Crippen molar-refractivity contribution in [2.75, 3.05) is 0 Å². The smallest absolute Gasteiger partial charge is 0.217 e. The van der Waals surface area contributed by atoms with Gasteiger partial charge in [0.15, 0.2) is 0 Å². The molecule has 6 heteroatoms. The van der Waals surface area contributed by atoms with Crippen LogP contribution in [0, 0.1) is 11.8 Å². The van der Waals surface area contributed by atoms with Crippen molar-refractivity contribution in [3.63, 3.8) is 0 Å². The Bertz CT molecular complexity index is 626. The molecule has 4 atom stereocenters. The third-order valence-electron chi connectivity index (χ3n) is 5.17. The van der Waals surface area contributed by atoms with Crippen molar-refractivity contribution >= 4 is 17.2 Å². The van der Waals surface area contributed by atoms with Crippen LogP contribution in [0.3, 0.4) is 0 Å². The molecule has 1 heterocycles. The second-order valence-electron chi connectivity index (χ2n) is 7.28. The summed E-state index contributed by atoms with van der Waals surface area (Å²) in [5.74, 6) is -0.722. The van der Waals surface area contributed by atoms with E-state index in [1.54, 1.807) is 17.4 Å². The topological polar surface area (TPSA) is 104 Å². The van der Waals surface area contributed by atoms with Gasteiger partial charge in [-0.05, 0) is 67.0 Å². The van der Waals surface area contributed by atoms with Crippen LogP contribution in [-0.2, 0) is 11.2 Å². The Morgan fingerprint density at radius 1 is 1.22 bits per heavy atom. The lowest BCUT2D eigenvalue weighted by molar-refractivity contribution is -0.118. The number of aliphatic hydroxyl groups is 3. The van der Waals surface area contributed by atoms with E-state index >= 15 is 0 Å². The van der Waals surface area contributed by atoms with E-state index in [2.05, 4.69) is 16.8 Å². The van der Waals surface area contributed by atoms with Gasteiger partial charge in [-0.1, -0.05) is 12.2 Å². The molecule has 0 aromatic carbocycles. The predicted molar refractivity (Wildman–Crippen MR) is 108 cm³/mol. The van der Waals surface area contributed by atoms with Gasteiger partial charge in [-0.2, -0.15) is 11.3 Å². The summed E-state index contributed by atoms with van der Waals surface area (Å²) in [5, 5.41) is 35.2. The van der Waals surface area contributed by atoms with Crippen LogP contribution in [0.25, 0.3) is 0 Å². The van der Waals surface area contributed by atoms with Crippen molar-refractivity contribution in [1.82, 2.24) is 0 Å². The molecule has 2 rings (SSSR count). The van der Waals surface area contributed by atoms with Gasteiger partial charge >= 0.3 is 0 Å². The maximum atomic E-state index is 10.7. The van der Waals surface area contributed by atoms with E-state index in [4.69, 9.17) is 5.73 Å². The summed E-state index contributed by atoms with van der Waals surface area (Å²) in [4.78, 5) is 10.7. The summed E-state index contributed by atoms with van der Waals surface area (Å²) in [7, 11) is 0. The van der Waals surface area contributed by atoms with Crippen LogP contribution < -0.4 is 5.73 Å². The Morgan fingerprint density at radius 2 is 2.04 bits per heavy atom. The SMILES string of the molecule is NC(=O)CCC/C=C\CC1C(/C(O)=C\CCCc2ccsc2)[C@H](O)C[C@@H]1O. The van der Waals surface area contributed by atoms with E-state index in [-0.39, 0.29) is 24.0 Å². The molecule has 1 aromatic heterocycles. The van der Waals surface area contributed by atoms with Crippen LogP contribution in [0.1, 0.15) is 50.5 Å². The van der Waals surface area contributed by atoms with Crippen molar-refractivity contribution < 1.29 is 20.1 Å². The number of aryl methyl sites for hydroxylation is 1. The van der Waals surface area contributed by atoms with Crippen LogP contribution in [-0.4, -0.2) is 33.4 Å². The maximum Gasteiger partial charge on any atom is 0.217 e. The van der Waals surface area contributed by atoms with Crippen LogP contribution in [0.2, 0.25) is 0 Å². The Kier molecular flexibility index (Phi) is 9.04. The average molecular weight is 394 g/mol. The van der Waals surface area contributed by atoms with Gasteiger partial charge in [0.25, 0.3) is 0 Å². The molecule has 0 spiro atoms. The summed E-state index contributed by atoms with van der Waals surface area (Å²) >= 11 is 1.68. The number of amides is 1. The van der Waals surface area contributed by atoms with Crippen LogP contribution in [0.4, 0.5) is 0 Å². The molecule has 1 fully saturated rings. The predicted octanol–water partition coefficient (Wildman–Crippen LogP) is 3.47. The number of carbonyl (C=O) groups is 1. The fourth-order valence-corrected chi connectivity index (χ4v) is 4.41. The fourth-order valence-electron chi connectivity index (χ4n) is 3.71. The van der Waals surface area contributed by atoms with E-state index in [0.717, 1.165) is 25.7 Å². The van der Waals surface area contributed by atoms with E-state index in [9.17, 15) is 20.1 Å². The Morgan fingerprint density at radius 3 is 2.74 bits per heavy atom. The first-order valence-corrected chi connectivity index (χ1v) is 10.6. The quantitative estimate of drug-likeness (QED) is 0.262. The molecule has 5 N–H and O–H groups in total. The zero-order valence-electron chi connectivity index (χ0n) is 15.7. The molecule has 5 nitrogen and oxygen atoms in total. The normalized spacial score (nSPS) is 26.1. The highest BCUT2D eigenvalue weighted by Crippen LogP contribution is 2.39. The minimum absolute atomic E-state index is 0.191. The first kappa shape index (κ1) is 21.7. The van der Waals surface area contributed by atoms with Gasteiger partial charge in [-0.25, -0.2) is 0 Å². The molecule has 0 bridgehead atoms. The molecule has 1 aliphatic carbocycles. The van der Waals surface area contributed by atoms with E-state index in [1.165, 1.54) is 5.56 Å². The van der Waals surface area contributed by atoms with Crippen molar-refractivity contribution in [2.24, 2.45) is 17.6 Å². The molecule has 0 aliphatic heterocycles. The van der Waals surface area contributed by atoms with Crippen LogP contribution >= 0.6 is 11.3 Å². The number of rotatable bonds is 11. The fraction of sp³-hybridized carbons (Fsp3) is 0.571. The van der Waals surface area contributed by atoms with Gasteiger partial charge in [0.2, 0.25) is 5.91 Å². The number of hydrogen-bond acceptors (Lipinski definition) is 5. The van der Waals surface area contributed by atoms with Crippen LogP contribution in [0.15, 0.2) is 40.8 Å². The van der Waals surface area contributed by atoms with Crippen molar-refractivity contribution in [2.45, 2.75) is 63.6 Å². The Balaban J connectivity index is 1.82. The van der Waals surface area contributed by atoms with Crippen molar-refractivity contribution in [3.8, 4) is 0 Å². The first-order valence-electron chi connectivity index (χ1n) is 9.68. The molecular formula is C21H31NO4S. The van der Waals surface area contributed by atoms with Gasteiger partial charge < -0.3 is 21.1 Å². The summed E-state index contributed by atoms with van der Waals surface area (Å²) in [5.41, 5.74) is 6.42. The molecule has 1 amide bonds. The number of allylic oxidation sites excluding steroid dienone is 3. The zero-order chi connectivity index (χ0) is 19.6. The van der Waals surface area contributed by atoms with Gasteiger partial charge in [0.1, 0.15) is 0 Å². The molecule has 1 aromatic rings. The van der Waals surface area contributed by atoms with Gasteiger partial charge in [-0.15, -0.1) is 0 Å². The van der Waals surface area contributed by atoms with Crippen LogP contribution in [0.5, 0.6) is 0 Å². The van der Waals surface area contributed by atoms with E-state index < -0.39 is 18.1 Å². The number of hydrogen-bond donors (Lipinski definition) is 4. The molecular weight excluding hydrogens is 362 g/mol. The minimum Gasteiger partial charge on any atom is -0.512 e. The van der Waals surface area contributed by atoms with Crippen molar-refractivity contribution in [3.05, 3.63) is 46.4 Å². The van der Waals surface area contributed by atoms with Gasteiger partial charge in [0, 0.05) is 24.7 Å². The summed E-state index contributed by atoms with van der Waals surface area (Å²) in [6.45, 7) is 0. The number of aliphatic hydroxyl groups excluding tert-OH is 3. The number of primary amides is 1. The number of carbonyl (C=O) groups excluding carboxylic acids is 1. The number of nitrogens with two attached hydrogens (primary N) is 1. The molecule has 150 valence electrons. The lowest BCUT2D eigenvalue weighted by Crippen LogP contribution is -2.23.